The van der Waals surface area contributed by atoms with Crippen molar-refractivity contribution >= 4 is 11.6 Å². The number of rotatable bonds is 6. The van der Waals surface area contributed by atoms with Crippen molar-refractivity contribution in [2.75, 3.05) is 13.1 Å². The predicted molar refractivity (Wildman–Crippen MR) is 74.0 cm³/mol. The summed E-state index contributed by atoms with van der Waals surface area (Å²) < 4.78 is 5.81. The highest BCUT2D eigenvalue weighted by molar-refractivity contribution is 6.31. The largest absolute Gasteiger partial charge is 0.489 e. The van der Waals surface area contributed by atoms with E-state index in [-0.39, 0.29) is 6.10 Å². The molecule has 2 nitrogen and oxygen atoms in total. The molecule has 1 atom stereocenters. The van der Waals surface area contributed by atoms with Crippen molar-refractivity contribution < 1.29 is 4.74 Å². The van der Waals surface area contributed by atoms with E-state index in [2.05, 4.69) is 26.1 Å². The molecule has 0 spiro atoms. The predicted octanol–water partition coefficient (Wildman–Crippen LogP) is 3.66. The fraction of sp³-hybridized carbons (Fsp3) is 0.571. The molecule has 0 saturated carbocycles. The summed E-state index contributed by atoms with van der Waals surface area (Å²) >= 11 is 5.97. The maximum Gasteiger partial charge on any atom is 0.120 e. The average Bonchev–Trinajstić information content (AvgIpc) is 2.23. The van der Waals surface area contributed by atoms with E-state index in [1.807, 2.05) is 25.1 Å². The van der Waals surface area contributed by atoms with Crippen LogP contribution in [0.3, 0.4) is 0 Å². The summed E-state index contributed by atoms with van der Waals surface area (Å²) in [4.78, 5) is 0. The van der Waals surface area contributed by atoms with Gasteiger partial charge in [0, 0.05) is 11.6 Å². The minimum Gasteiger partial charge on any atom is -0.489 e. The van der Waals surface area contributed by atoms with Gasteiger partial charge in [0.1, 0.15) is 11.9 Å². The van der Waals surface area contributed by atoms with Gasteiger partial charge in [-0.05, 0) is 50.1 Å². The SMILES string of the molecule is Cc1cc(OC(C)CNCC(C)C)ccc1Cl. The Bertz CT molecular complexity index is 352. The standard InChI is InChI=1S/C14H22ClNO/c1-10(2)8-16-9-12(4)17-13-5-6-14(15)11(3)7-13/h5-7,10,12,16H,8-9H2,1-4H3. The van der Waals surface area contributed by atoms with Gasteiger partial charge in [0.15, 0.2) is 0 Å². The molecule has 0 aromatic heterocycles. The molecule has 0 aliphatic carbocycles. The van der Waals surface area contributed by atoms with Gasteiger partial charge in [-0.1, -0.05) is 25.4 Å². The van der Waals surface area contributed by atoms with Crippen LogP contribution in [-0.2, 0) is 0 Å². The Morgan fingerprint density at radius 2 is 1.94 bits per heavy atom. The van der Waals surface area contributed by atoms with E-state index in [4.69, 9.17) is 16.3 Å². The van der Waals surface area contributed by atoms with Crippen LogP contribution in [0.15, 0.2) is 18.2 Å². The van der Waals surface area contributed by atoms with Crippen LogP contribution in [0.25, 0.3) is 0 Å². The molecule has 96 valence electrons. The first-order chi connectivity index (χ1) is 7.99. The molecule has 0 saturated heterocycles. The van der Waals surface area contributed by atoms with Gasteiger partial charge < -0.3 is 10.1 Å². The van der Waals surface area contributed by atoms with E-state index >= 15 is 0 Å². The van der Waals surface area contributed by atoms with Gasteiger partial charge in [-0.3, -0.25) is 0 Å². The summed E-state index contributed by atoms with van der Waals surface area (Å²) in [5, 5.41) is 4.16. The molecule has 1 unspecified atom stereocenters. The monoisotopic (exact) mass is 255 g/mol. The molecule has 0 aliphatic rings. The lowest BCUT2D eigenvalue weighted by Crippen LogP contribution is -2.31. The smallest absolute Gasteiger partial charge is 0.120 e. The third kappa shape index (κ3) is 5.42. The van der Waals surface area contributed by atoms with Gasteiger partial charge in [0.25, 0.3) is 0 Å². The number of nitrogens with one attached hydrogen (secondary N) is 1. The lowest BCUT2D eigenvalue weighted by atomic mass is 10.2. The van der Waals surface area contributed by atoms with Gasteiger partial charge in [-0.25, -0.2) is 0 Å². The lowest BCUT2D eigenvalue weighted by molar-refractivity contribution is 0.215. The maximum absolute atomic E-state index is 5.97. The molecule has 1 N–H and O–H groups in total. The highest BCUT2D eigenvalue weighted by Gasteiger charge is 2.05. The summed E-state index contributed by atoms with van der Waals surface area (Å²) in [6.45, 7) is 10.3. The molecule has 1 aromatic rings. The minimum atomic E-state index is 0.161. The molecule has 0 heterocycles. The van der Waals surface area contributed by atoms with Gasteiger partial charge in [0.05, 0.1) is 0 Å². The van der Waals surface area contributed by atoms with Crippen LogP contribution < -0.4 is 10.1 Å². The molecule has 0 aliphatic heterocycles. The van der Waals surface area contributed by atoms with Gasteiger partial charge in [-0.2, -0.15) is 0 Å². The van der Waals surface area contributed by atoms with Crippen molar-refractivity contribution in [1.29, 1.82) is 0 Å². The van der Waals surface area contributed by atoms with Crippen molar-refractivity contribution in [3.05, 3.63) is 28.8 Å². The number of halogens is 1. The lowest BCUT2D eigenvalue weighted by Gasteiger charge is -2.16. The first kappa shape index (κ1) is 14.3. The Labute approximate surface area is 109 Å². The highest BCUT2D eigenvalue weighted by Crippen LogP contribution is 2.21. The summed E-state index contributed by atoms with van der Waals surface area (Å²) in [6.07, 6.45) is 0.161. The van der Waals surface area contributed by atoms with Gasteiger partial charge in [-0.15, -0.1) is 0 Å². The normalized spacial score (nSPS) is 12.8. The summed E-state index contributed by atoms with van der Waals surface area (Å²) in [7, 11) is 0. The van der Waals surface area contributed by atoms with E-state index in [1.54, 1.807) is 0 Å². The van der Waals surface area contributed by atoms with E-state index in [1.165, 1.54) is 0 Å². The molecular formula is C14H22ClNO. The van der Waals surface area contributed by atoms with Crippen LogP contribution in [-0.4, -0.2) is 19.2 Å². The van der Waals surface area contributed by atoms with E-state index in [9.17, 15) is 0 Å². The molecule has 17 heavy (non-hydrogen) atoms. The summed E-state index contributed by atoms with van der Waals surface area (Å²) in [6, 6.07) is 5.76. The zero-order chi connectivity index (χ0) is 12.8. The Balaban J connectivity index is 2.39. The van der Waals surface area contributed by atoms with Gasteiger partial charge in [0.2, 0.25) is 0 Å². The zero-order valence-electron chi connectivity index (χ0n) is 11.1. The van der Waals surface area contributed by atoms with Crippen LogP contribution in [0.5, 0.6) is 5.75 Å². The molecule has 0 amide bonds. The topological polar surface area (TPSA) is 21.3 Å². The molecule has 3 heteroatoms. The average molecular weight is 256 g/mol. The van der Waals surface area contributed by atoms with E-state index in [0.29, 0.717) is 5.92 Å². The van der Waals surface area contributed by atoms with Crippen molar-refractivity contribution in [2.45, 2.75) is 33.8 Å². The van der Waals surface area contributed by atoms with E-state index < -0.39 is 0 Å². The Morgan fingerprint density at radius 3 is 2.53 bits per heavy atom. The molecular weight excluding hydrogens is 234 g/mol. The second-order valence-corrected chi connectivity index (χ2v) is 5.30. The quantitative estimate of drug-likeness (QED) is 0.838. The number of benzene rings is 1. The van der Waals surface area contributed by atoms with E-state index in [0.717, 1.165) is 29.4 Å². The van der Waals surface area contributed by atoms with Crippen LogP contribution in [0.4, 0.5) is 0 Å². The third-order valence-corrected chi connectivity index (χ3v) is 2.88. The third-order valence-electron chi connectivity index (χ3n) is 2.45. The van der Waals surface area contributed by atoms with Crippen molar-refractivity contribution in [3.63, 3.8) is 0 Å². The summed E-state index contributed by atoms with van der Waals surface area (Å²) in [5.74, 6) is 1.55. The Kier molecular flexibility index (Phi) is 5.79. The number of ether oxygens (including phenoxy) is 1. The number of hydrogen-bond donors (Lipinski definition) is 1. The number of hydrogen-bond acceptors (Lipinski definition) is 2. The van der Waals surface area contributed by atoms with Crippen molar-refractivity contribution in [1.82, 2.24) is 5.32 Å². The van der Waals surface area contributed by atoms with Crippen LogP contribution in [0.1, 0.15) is 26.3 Å². The first-order valence-electron chi connectivity index (χ1n) is 6.12. The fourth-order valence-electron chi connectivity index (χ4n) is 1.54. The molecule has 0 radical (unpaired) electrons. The highest BCUT2D eigenvalue weighted by atomic mass is 35.5. The minimum absolute atomic E-state index is 0.161. The Morgan fingerprint density at radius 1 is 1.24 bits per heavy atom. The van der Waals surface area contributed by atoms with Crippen molar-refractivity contribution in [3.8, 4) is 5.75 Å². The first-order valence-corrected chi connectivity index (χ1v) is 6.50. The van der Waals surface area contributed by atoms with Crippen LogP contribution >= 0.6 is 11.6 Å². The van der Waals surface area contributed by atoms with Crippen LogP contribution in [0, 0.1) is 12.8 Å². The molecule has 0 bridgehead atoms. The number of aryl methyl sites for hydroxylation is 1. The molecule has 0 fully saturated rings. The zero-order valence-corrected chi connectivity index (χ0v) is 11.8. The summed E-state index contributed by atoms with van der Waals surface area (Å²) in [5.41, 5.74) is 1.05. The van der Waals surface area contributed by atoms with Crippen molar-refractivity contribution in [2.24, 2.45) is 5.92 Å². The van der Waals surface area contributed by atoms with Gasteiger partial charge >= 0.3 is 0 Å². The second kappa shape index (κ2) is 6.87. The maximum atomic E-state index is 5.97. The van der Waals surface area contributed by atoms with Crippen LogP contribution in [0.2, 0.25) is 5.02 Å². The molecule has 1 aromatic carbocycles. The molecule has 1 rings (SSSR count). The Hall–Kier alpha value is -0.730. The fourth-order valence-corrected chi connectivity index (χ4v) is 1.66. The second-order valence-electron chi connectivity index (χ2n) is 4.89.